The summed E-state index contributed by atoms with van der Waals surface area (Å²) in [6, 6.07) is 11.0. The van der Waals surface area contributed by atoms with Gasteiger partial charge in [-0.25, -0.2) is 8.78 Å². The van der Waals surface area contributed by atoms with Crippen LogP contribution in [-0.2, 0) is 4.79 Å². The second-order valence-electron chi connectivity index (χ2n) is 7.20. The van der Waals surface area contributed by atoms with E-state index in [1.807, 2.05) is 24.3 Å². The first-order chi connectivity index (χ1) is 13.5. The number of aromatic nitrogens is 1. The van der Waals surface area contributed by atoms with Crippen LogP contribution < -0.4 is 0 Å². The predicted octanol–water partition coefficient (Wildman–Crippen LogP) is 4.40. The van der Waals surface area contributed by atoms with Crippen LogP contribution in [0.5, 0.6) is 0 Å². The van der Waals surface area contributed by atoms with Gasteiger partial charge in [0, 0.05) is 29.4 Å². The van der Waals surface area contributed by atoms with Gasteiger partial charge in [0.2, 0.25) is 0 Å². The summed E-state index contributed by atoms with van der Waals surface area (Å²) in [7, 11) is 0. The van der Waals surface area contributed by atoms with Gasteiger partial charge in [-0.15, -0.1) is 0 Å². The molecule has 4 rings (SSSR count). The Morgan fingerprint density at radius 1 is 1.07 bits per heavy atom. The summed E-state index contributed by atoms with van der Waals surface area (Å²) in [6.45, 7) is 1.07. The van der Waals surface area contributed by atoms with Gasteiger partial charge in [-0.2, -0.15) is 0 Å². The lowest BCUT2D eigenvalue weighted by Crippen LogP contribution is -2.39. The highest BCUT2D eigenvalue weighted by molar-refractivity contribution is 5.82. The van der Waals surface area contributed by atoms with Gasteiger partial charge in [0.1, 0.15) is 11.6 Å². The van der Waals surface area contributed by atoms with Crippen molar-refractivity contribution < 1.29 is 18.7 Å². The van der Waals surface area contributed by atoms with Crippen LogP contribution in [0, 0.1) is 17.6 Å². The van der Waals surface area contributed by atoms with Crippen molar-refractivity contribution in [2.24, 2.45) is 5.92 Å². The number of hydrogen-bond donors (Lipinski definition) is 1. The van der Waals surface area contributed by atoms with Gasteiger partial charge in [-0.1, -0.05) is 18.2 Å². The van der Waals surface area contributed by atoms with Gasteiger partial charge in [-0.3, -0.25) is 14.7 Å². The van der Waals surface area contributed by atoms with Gasteiger partial charge in [0.25, 0.3) is 0 Å². The van der Waals surface area contributed by atoms with Crippen LogP contribution in [0.1, 0.15) is 30.0 Å². The fourth-order valence-corrected chi connectivity index (χ4v) is 3.99. The molecule has 28 heavy (non-hydrogen) atoms. The molecule has 1 fully saturated rings. The standard InChI is InChI=1S/C22H20F2N2O2/c23-18-3-4-19(20(24)12-18)21(26-9-6-14(7-10-26)22(27)28)16-1-2-17-13-25-8-5-15(17)11-16/h1-5,8,11-14,21H,6-7,9-10H2,(H,27,28). The SMILES string of the molecule is O=C(O)C1CCN(C(c2ccc3cnccc3c2)c2ccc(F)cc2F)CC1. The first-order valence-corrected chi connectivity index (χ1v) is 9.28. The van der Waals surface area contributed by atoms with Crippen molar-refractivity contribution in [2.75, 3.05) is 13.1 Å². The number of nitrogens with zero attached hydrogens (tertiary/aromatic N) is 2. The smallest absolute Gasteiger partial charge is 0.306 e. The Balaban J connectivity index is 1.75. The summed E-state index contributed by atoms with van der Waals surface area (Å²) in [5.74, 6) is -2.38. The van der Waals surface area contributed by atoms with E-state index < -0.39 is 23.6 Å². The normalized spacial score (nSPS) is 16.9. The van der Waals surface area contributed by atoms with Crippen molar-refractivity contribution in [3.8, 4) is 0 Å². The number of fused-ring (bicyclic) bond motifs is 1. The van der Waals surface area contributed by atoms with Gasteiger partial charge in [-0.05, 0) is 55.1 Å². The molecular formula is C22H20F2N2O2. The molecule has 3 aromatic rings. The van der Waals surface area contributed by atoms with Crippen LogP contribution in [0.2, 0.25) is 0 Å². The van der Waals surface area contributed by atoms with Crippen molar-refractivity contribution in [3.05, 3.63) is 77.6 Å². The number of carboxylic acid groups (broad SMARTS) is 1. The Kier molecular flexibility index (Phi) is 5.05. The second-order valence-corrected chi connectivity index (χ2v) is 7.20. The molecule has 1 aliphatic rings. The van der Waals surface area contributed by atoms with Crippen LogP contribution in [0.25, 0.3) is 10.8 Å². The molecular weight excluding hydrogens is 362 g/mol. The largest absolute Gasteiger partial charge is 0.481 e. The molecule has 2 heterocycles. The number of carbonyl (C=O) groups is 1. The molecule has 0 amide bonds. The minimum absolute atomic E-state index is 0.377. The van der Waals surface area contributed by atoms with Crippen molar-refractivity contribution in [1.82, 2.24) is 9.88 Å². The summed E-state index contributed by atoms with van der Waals surface area (Å²) in [5.41, 5.74) is 1.28. The first kappa shape index (κ1) is 18.5. The molecule has 1 aromatic heterocycles. The van der Waals surface area contributed by atoms with Crippen LogP contribution >= 0.6 is 0 Å². The minimum Gasteiger partial charge on any atom is -0.481 e. The highest BCUT2D eigenvalue weighted by atomic mass is 19.1. The Bertz CT molecular complexity index is 1020. The van der Waals surface area contributed by atoms with Gasteiger partial charge in [0.05, 0.1) is 12.0 Å². The third-order valence-corrected chi connectivity index (χ3v) is 5.48. The number of rotatable bonds is 4. The average Bonchev–Trinajstić information content (AvgIpc) is 2.70. The highest BCUT2D eigenvalue weighted by Gasteiger charge is 2.31. The molecule has 0 aliphatic carbocycles. The average molecular weight is 382 g/mol. The molecule has 1 aliphatic heterocycles. The molecule has 0 spiro atoms. The summed E-state index contributed by atoms with van der Waals surface area (Å²) in [6.07, 6.45) is 4.49. The summed E-state index contributed by atoms with van der Waals surface area (Å²) < 4.78 is 28.2. The maximum atomic E-state index is 14.7. The number of pyridine rings is 1. The molecule has 6 heteroatoms. The number of hydrogen-bond acceptors (Lipinski definition) is 3. The molecule has 1 N–H and O–H groups in total. The Labute approximate surface area is 161 Å². The van der Waals surface area contributed by atoms with Crippen molar-refractivity contribution >= 4 is 16.7 Å². The van der Waals surface area contributed by atoms with E-state index in [-0.39, 0.29) is 5.92 Å². The minimum atomic E-state index is -0.789. The number of aliphatic carboxylic acids is 1. The van der Waals surface area contributed by atoms with Crippen LogP contribution in [0.15, 0.2) is 54.9 Å². The predicted molar refractivity (Wildman–Crippen MR) is 102 cm³/mol. The number of carboxylic acids is 1. The molecule has 144 valence electrons. The van der Waals surface area contributed by atoms with E-state index in [0.717, 1.165) is 22.4 Å². The second kappa shape index (κ2) is 7.64. The molecule has 0 radical (unpaired) electrons. The summed E-state index contributed by atoms with van der Waals surface area (Å²) in [4.78, 5) is 17.5. The Hall–Kier alpha value is -2.86. The van der Waals surface area contributed by atoms with Gasteiger partial charge < -0.3 is 5.11 Å². The van der Waals surface area contributed by atoms with E-state index in [2.05, 4.69) is 9.88 Å². The summed E-state index contributed by atoms with van der Waals surface area (Å²) in [5, 5.41) is 11.2. The number of benzene rings is 2. The van der Waals surface area contributed by atoms with E-state index >= 15 is 0 Å². The molecule has 1 atom stereocenters. The third-order valence-electron chi connectivity index (χ3n) is 5.48. The lowest BCUT2D eigenvalue weighted by atomic mass is 9.90. The maximum Gasteiger partial charge on any atom is 0.306 e. The van der Waals surface area contributed by atoms with Crippen LogP contribution in [0.4, 0.5) is 8.78 Å². The van der Waals surface area contributed by atoms with Crippen LogP contribution in [-0.4, -0.2) is 34.0 Å². The van der Waals surface area contributed by atoms with Gasteiger partial charge >= 0.3 is 5.97 Å². The number of halogens is 2. The molecule has 1 saturated heterocycles. The van der Waals surface area contributed by atoms with E-state index in [9.17, 15) is 18.7 Å². The third kappa shape index (κ3) is 3.60. The number of likely N-dealkylation sites (tertiary alicyclic amines) is 1. The fraction of sp³-hybridized carbons (Fsp3) is 0.273. The van der Waals surface area contributed by atoms with Crippen molar-refractivity contribution in [1.29, 1.82) is 0 Å². The lowest BCUT2D eigenvalue weighted by molar-refractivity contribution is -0.143. The zero-order valence-electron chi connectivity index (χ0n) is 15.2. The highest BCUT2D eigenvalue weighted by Crippen LogP contribution is 2.35. The molecule has 1 unspecified atom stereocenters. The Morgan fingerprint density at radius 2 is 1.86 bits per heavy atom. The maximum absolute atomic E-state index is 14.7. The Morgan fingerprint density at radius 3 is 2.57 bits per heavy atom. The van der Waals surface area contributed by atoms with E-state index in [1.165, 1.54) is 12.1 Å². The van der Waals surface area contributed by atoms with Crippen LogP contribution in [0.3, 0.4) is 0 Å². The zero-order chi connectivity index (χ0) is 19.7. The van der Waals surface area contributed by atoms with Crippen molar-refractivity contribution in [3.63, 3.8) is 0 Å². The number of piperidine rings is 1. The monoisotopic (exact) mass is 382 g/mol. The first-order valence-electron chi connectivity index (χ1n) is 9.28. The summed E-state index contributed by atoms with van der Waals surface area (Å²) >= 11 is 0. The van der Waals surface area contributed by atoms with E-state index in [1.54, 1.807) is 12.4 Å². The van der Waals surface area contributed by atoms with E-state index in [4.69, 9.17) is 0 Å². The molecule has 2 aromatic carbocycles. The van der Waals surface area contributed by atoms with Crippen molar-refractivity contribution in [2.45, 2.75) is 18.9 Å². The molecule has 4 nitrogen and oxygen atoms in total. The topological polar surface area (TPSA) is 53.4 Å². The lowest BCUT2D eigenvalue weighted by Gasteiger charge is -2.37. The molecule has 0 bridgehead atoms. The molecule has 0 saturated carbocycles. The quantitative estimate of drug-likeness (QED) is 0.727. The van der Waals surface area contributed by atoms with Gasteiger partial charge in [0.15, 0.2) is 0 Å². The fourth-order valence-electron chi connectivity index (χ4n) is 3.99. The zero-order valence-corrected chi connectivity index (χ0v) is 15.2. The van der Waals surface area contributed by atoms with E-state index in [0.29, 0.717) is 31.5 Å².